The number of thiophene rings is 1. The molecule has 0 bridgehead atoms. The number of carbonyl (C=O) groups excluding carboxylic acids is 2. The molecular formula is C14H21NO3S. The van der Waals surface area contributed by atoms with Crippen molar-refractivity contribution in [3.63, 3.8) is 0 Å². The Morgan fingerprint density at radius 3 is 2.47 bits per heavy atom. The largest absolute Gasteiger partial charge is 0.467 e. The molecule has 0 saturated heterocycles. The predicted molar refractivity (Wildman–Crippen MR) is 76.5 cm³/mol. The van der Waals surface area contributed by atoms with E-state index < -0.39 is 12.0 Å². The number of rotatable bonds is 5. The molecule has 1 aromatic heterocycles. The molecule has 0 aromatic carbocycles. The monoisotopic (exact) mass is 283 g/mol. The van der Waals surface area contributed by atoms with Crippen LogP contribution in [0.5, 0.6) is 0 Å². The maximum Gasteiger partial charge on any atom is 0.328 e. The highest BCUT2D eigenvalue weighted by molar-refractivity contribution is 7.14. The van der Waals surface area contributed by atoms with Crippen molar-refractivity contribution in [1.82, 2.24) is 5.32 Å². The van der Waals surface area contributed by atoms with E-state index in [0.717, 1.165) is 11.3 Å². The van der Waals surface area contributed by atoms with Crippen molar-refractivity contribution in [1.29, 1.82) is 0 Å². The Morgan fingerprint density at radius 1 is 1.42 bits per heavy atom. The molecule has 0 aliphatic carbocycles. The molecule has 0 fully saturated rings. The Bertz CT molecular complexity index is 465. The maximum atomic E-state index is 12.2. The van der Waals surface area contributed by atoms with E-state index in [4.69, 9.17) is 4.74 Å². The fourth-order valence-corrected chi connectivity index (χ4v) is 2.84. The minimum absolute atomic E-state index is 0.0110. The molecule has 19 heavy (non-hydrogen) atoms. The highest BCUT2D eigenvalue weighted by atomic mass is 32.1. The Kier molecular flexibility index (Phi) is 5.54. The summed E-state index contributed by atoms with van der Waals surface area (Å²) in [5.74, 6) is -0.632. The van der Waals surface area contributed by atoms with Crippen molar-refractivity contribution in [2.24, 2.45) is 5.92 Å². The van der Waals surface area contributed by atoms with E-state index >= 15 is 0 Å². The Hall–Kier alpha value is -1.36. The van der Waals surface area contributed by atoms with Crippen LogP contribution in [0.15, 0.2) is 6.07 Å². The van der Waals surface area contributed by atoms with Crippen LogP contribution in [0.25, 0.3) is 0 Å². The molecule has 1 rings (SSSR count). The third-order valence-corrected chi connectivity index (χ3v) is 4.13. The highest BCUT2D eigenvalue weighted by Crippen LogP contribution is 2.22. The van der Waals surface area contributed by atoms with Gasteiger partial charge in [-0.15, -0.1) is 11.3 Å². The Morgan fingerprint density at radius 2 is 2.05 bits per heavy atom. The van der Waals surface area contributed by atoms with E-state index in [1.165, 1.54) is 24.0 Å². The highest BCUT2D eigenvalue weighted by Gasteiger charge is 2.26. The number of carbonyl (C=O) groups is 2. The molecule has 0 saturated carbocycles. The van der Waals surface area contributed by atoms with E-state index in [0.29, 0.717) is 4.88 Å². The molecular weight excluding hydrogens is 262 g/mol. The lowest BCUT2D eigenvalue weighted by molar-refractivity contribution is -0.144. The topological polar surface area (TPSA) is 55.4 Å². The fourth-order valence-electron chi connectivity index (χ4n) is 1.82. The number of esters is 1. The van der Waals surface area contributed by atoms with Gasteiger partial charge in [0.15, 0.2) is 0 Å². The number of ether oxygens (including phenoxy) is 1. The summed E-state index contributed by atoms with van der Waals surface area (Å²) in [5, 5.41) is 2.75. The van der Waals surface area contributed by atoms with Gasteiger partial charge >= 0.3 is 5.97 Å². The van der Waals surface area contributed by atoms with Gasteiger partial charge in [0, 0.05) is 4.88 Å². The number of hydrogen-bond donors (Lipinski definition) is 1. The first-order chi connectivity index (χ1) is 8.90. The van der Waals surface area contributed by atoms with E-state index in [2.05, 4.69) is 12.2 Å². The molecule has 106 valence electrons. The molecule has 0 radical (unpaired) electrons. The number of amides is 1. The fraction of sp³-hybridized carbons (Fsp3) is 0.571. The van der Waals surface area contributed by atoms with Gasteiger partial charge in [-0.2, -0.15) is 0 Å². The van der Waals surface area contributed by atoms with Crippen LogP contribution in [0, 0.1) is 12.8 Å². The molecule has 1 N–H and O–H groups in total. The number of hydrogen-bond acceptors (Lipinski definition) is 4. The SMILES string of the molecule is CCc1cc(C(=O)NC(C(=O)OC)C(C)C)sc1C. The van der Waals surface area contributed by atoms with Crippen molar-refractivity contribution in [3.05, 3.63) is 21.4 Å². The van der Waals surface area contributed by atoms with E-state index in [9.17, 15) is 9.59 Å². The molecule has 5 heteroatoms. The van der Waals surface area contributed by atoms with Crippen molar-refractivity contribution in [2.45, 2.75) is 40.2 Å². The number of aryl methyl sites for hydroxylation is 2. The Balaban J connectivity index is 2.84. The molecule has 0 aliphatic heterocycles. The van der Waals surface area contributed by atoms with Gasteiger partial charge in [-0.05, 0) is 30.9 Å². The van der Waals surface area contributed by atoms with Gasteiger partial charge in [0.05, 0.1) is 12.0 Å². The third kappa shape index (κ3) is 3.80. The first-order valence-corrected chi connectivity index (χ1v) is 7.20. The molecule has 1 aromatic rings. The lowest BCUT2D eigenvalue weighted by Gasteiger charge is -2.19. The third-order valence-electron chi connectivity index (χ3n) is 3.03. The van der Waals surface area contributed by atoms with Crippen molar-refractivity contribution >= 4 is 23.2 Å². The standard InChI is InChI=1S/C14H21NO3S/c1-6-10-7-11(19-9(10)4)13(16)15-12(8(2)3)14(17)18-5/h7-8,12H,6H2,1-5H3,(H,15,16). The lowest BCUT2D eigenvalue weighted by atomic mass is 10.0. The average molecular weight is 283 g/mol. The molecule has 0 aliphatic rings. The number of methoxy groups -OCH3 is 1. The van der Waals surface area contributed by atoms with Gasteiger partial charge in [-0.1, -0.05) is 20.8 Å². The van der Waals surface area contributed by atoms with E-state index in [-0.39, 0.29) is 11.8 Å². The quantitative estimate of drug-likeness (QED) is 0.845. The van der Waals surface area contributed by atoms with E-state index in [1.54, 1.807) is 0 Å². The van der Waals surface area contributed by atoms with Crippen LogP contribution in [0.1, 0.15) is 40.9 Å². The van der Waals surface area contributed by atoms with Crippen LogP contribution in [0.4, 0.5) is 0 Å². The molecule has 1 atom stereocenters. The van der Waals surface area contributed by atoms with Gasteiger partial charge in [-0.3, -0.25) is 4.79 Å². The summed E-state index contributed by atoms with van der Waals surface area (Å²) < 4.78 is 4.71. The second-order valence-electron chi connectivity index (χ2n) is 4.76. The van der Waals surface area contributed by atoms with Crippen molar-refractivity contribution in [2.75, 3.05) is 7.11 Å². The van der Waals surface area contributed by atoms with Gasteiger partial charge in [-0.25, -0.2) is 4.79 Å². The lowest BCUT2D eigenvalue weighted by Crippen LogP contribution is -2.44. The van der Waals surface area contributed by atoms with Crippen LogP contribution in [-0.2, 0) is 16.0 Å². The van der Waals surface area contributed by atoms with Crippen molar-refractivity contribution in [3.8, 4) is 0 Å². The first kappa shape index (κ1) is 15.7. The summed E-state index contributed by atoms with van der Waals surface area (Å²) in [5.41, 5.74) is 1.18. The summed E-state index contributed by atoms with van der Waals surface area (Å²) in [6.07, 6.45) is 0.903. The van der Waals surface area contributed by atoms with Crippen LogP contribution >= 0.6 is 11.3 Å². The minimum atomic E-state index is -0.606. The zero-order chi connectivity index (χ0) is 14.6. The van der Waals surface area contributed by atoms with Gasteiger partial charge in [0.2, 0.25) is 0 Å². The number of nitrogens with one attached hydrogen (secondary N) is 1. The van der Waals surface area contributed by atoms with E-state index in [1.807, 2.05) is 26.8 Å². The van der Waals surface area contributed by atoms with Crippen LogP contribution in [0.3, 0.4) is 0 Å². The van der Waals surface area contributed by atoms with Crippen LogP contribution < -0.4 is 5.32 Å². The summed E-state index contributed by atoms with van der Waals surface area (Å²) in [4.78, 5) is 25.6. The zero-order valence-electron chi connectivity index (χ0n) is 12.1. The van der Waals surface area contributed by atoms with Crippen LogP contribution in [0.2, 0.25) is 0 Å². The minimum Gasteiger partial charge on any atom is -0.467 e. The predicted octanol–water partition coefficient (Wildman–Crippen LogP) is 2.55. The molecule has 1 amide bonds. The summed E-state index contributed by atoms with van der Waals surface area (Å²) in [6, 6.07) is 1.29. The zero-order valence-corrected chi connectivity index (χ0v) is 12.9. The first-order valence-electron chi connectivity index (χ1n) is 6.38. The molecule has 1 unspecified atom stereocenters. The summed E-state index contributed by atoms with van der Waals surface area (Å²) >= 11 is 1.46. The maximum absolute atomic E-state index is 12.2. The van der Waals surface area contributed by atoms with Crippen molar-refractivity contribution < 1.29 is 14.3 Å². The molecule has 4 nitrogen and oxygen atoms in total. The normalized spacial score (nSPS) is 12.3. The molecule has 0 spiro atoms. The summed E-state index contributed by atoms with van der Waals surface area (Å²) in [7, 11) is 1.33. The summed E-state index contributed by atoms with van der Waals surface area (Å²) in [6.45, 7) is 7.81. The average Bonchev–Trinajstić information content (AvgIpc) is 2.75. The van der Waals surface area contributed by atoms with Gasteiger partial charge < -0.3 is 10.1 Å². The van der Waals surface area contributed by atoms with Gasteiger partial charge in [0.25, 0.3) is 5.91 Å². The smallest absolute Gasteiger partial charge is 0.328 e. The second-order valence-corrected chi connectivity index (χ2v) is 6.02. The molecule has 1 heterocycles. The van der Waals surface area contributed by atoms with Crippen LogP contribution in [-0.4, -0.2) is 25.0 Å². The van der Waals surface area contributed by atoms with Gasteiger partial charge in [0.1, 0.15) is 6.04 Å². The Labute approximate surface area is 118 Å². The second kappa shape index (κ2) is 6.70.